The zero-order valence-corrected chi connectivity index (χ0v) is 14.1. The fourth-order valence-electron chi connectivity index (χ4n) is 2.68. The van der Waals surface area contributed by atoms with Crippen molar-refractivity contribution < 1.29 is 0 Å². The van der Waals surface area contributed by atoms with Crippen LogP contribution < -0.4 is 4.46 Å². The molecule has 20 heavy (non-hydrogen) atoms. The Balaban J connectivity index is 1.68. The van der Waals surface area contributed by atoms with Crippen LogP contribution in [0.5, 0.6) is 0 Å². The Labute approximate surface area is 132 Å². The van der Waals surface area contributed by atoms with Crippen LogP contribution in [0.2, 0.25) is 4.82 Å². The number of benzene rings is 2. The van der Waals surface area contributed by atoms with Gasteiger partial charge in [0.05, 0.1) is 0 Å². The van der Waals surface area contributed by atoms with Gasteiger partial charge in [-0.1, -0.05) is 0 Å². The average Bonchev–Trinajstić information content (AvgIpc) is 2.51. The van der Waals surface area contributed by atoms with E-state index in [-0.39, 0.29) is 0 Å². The second kappa shape index (κ2) is 7.36. The number of thioether (sulfide) groups is 1. The topological polar surface area (TPSA) is 0 Å². The second-order valence-electron chi connectivity index (χ2n) is 5.22. The Morgan fingerprint density at radius 3 is 2.20 bits per heavy atom. The van der Waals surface area contributed by atoms with E-state index >= 15 is 0 Å². The zero-order valence-electron chi connectivity index (χ0n) is 11.6. The molecule has 0 bridgehead atoms. The first kappa shape index (κ1) is 14.3. The summed E-state index contributed by atoms with van der Waals surface area (Å²) < 4.78 is 1.56. The van der Waals surface area contributed by atoms with E-state index in [1.165, 1.54) is 30.6 Å². The molecule has 2 aromatic rings. The van der Waals surface area contributed by atoms with Gasteiger partial charge in [-0.05, 0) is 0 Å². The van der Waals surface area contributed by atoms with Crippen LogP contribution in [0.1, 0.15) is 25.7 Å². The quantitative estimate of drug-likeness (QED) is 0.732. The molecular weight excluding hydrogens is 327 g/mol. The molecule has 0 aromatic heterocycles. The van der Waals surface area contributed by atoms with Crippen LogP contribution in [-0.4, -0.2) is 20.2 Å². The molecule has 0 unspecified atom stereocenters. The number of hydrogen-bond acceptors (Lipinski definition) is 1. The van der Waals surface area contributed by atoms with Crippen molar-refractivity contribution in [2.45, 2.75) is 40.6 Å². The molecule has 1 saturated carbocycles. The summed E-state index contributed by atoms with van der Waals surface area (Å²) in [5.74, 6) is 0. The van der Waals surface area contributed by atoms with Gasteiger partial charge in [-0.15, -0.1) is 0 Å². The molecule has 0 saturated heterocycles. The van der Waals surface area contributed by atoms with Crippen LogP contribution in [0.25, 0.3) is 0 Å². The number of hydrogen-bond donors (Lipinski definition) is 0. The van der Waals surface area contributed by atoms with E-state index in [1.807, 2.05) is 0 Å². The first-order valence-electron chi connectivity index (χ1n) is 7.35. The molecule has 0 nitrogen and oxygen atoms in total. The maximum absolute atomic E-state index is 2.30. The summed E-state index contributed by atoms with van der Waals surface area (Å²) in [5, 5.41) is 0.811. The Morgan fingerprint density at radius 1 is 0.800 bits per heavy atom. The monoisotopic (exact) mass is 348 g/mol. The predicted molar refractivity (Wildman–Crippen MR) is 90.1 cm³/mol. The molecule has 3 rings (SSSR count). The molecule has 2 atom stereocenters. The minimum absolute atomic E-state index is 0.619. The van der Waals surface area contributed by atoms with Crippen molar-refractivity contribution in [1.29, 1.82) is 0 Å². The molecule has 1 fully saturated rings. The fraction of sp³-hybridized carbons (Fsp3) is 0.333. The van der Waals surface area contributed by atoms with Gasteiger partial charge in [0.1, 0.15) is 0 Å². The van der Waals surface area contributed by atoms with E-state index in [0.717, 1.165) is 10.1 Å². The third kappa shape index (κ3) is 3.91. The maximum atomic E-state index is 2.30. The van der Waals surface area contributed by atoms with E-state index in [1.54, 1.807) is 4.46 Å². The van der Waals surface area contributed by atoms with Crippen LogP contribution in [0.3, 0.4) is 0 Å². The zero-order chi connectivity index (χ0) is 13.6. The SMILES string of the molecule is c1ccc(S[C@H]2CCCC[C@@H]2[Se]c2ccccc2)cc1. The molecular formula is C18H20SSe. The predicted octanol–water partition coefficient (Wildman–Crippen LogP) is 4.54. The molecule has 2 heteroatoms. The fourth-order valence-corrected chi connectivity index (χ4v) is 7.15. The van der Waals surface area contributed by atoms with Crippen LogP contribution in [0, 0.1) is 0 Å². The third-order valence-electron chi connectivity index (χ3n) is 3.70. The van der Waals surface area contributed by atoms with Gasteiger partial charge in [0.2, 0.25) is 0 Å². The molecule has 0 spiro atoms. The van der Waals surface area contributed by atoms with Gasteiger partial charge in [-0.2, -0.15) is 0 Å². The molecule has 0 aliphatic heterocycles. The summed E-state index contributed by atoms with van der Waals surface area (Å²) in [6, 6.07) is 22.0. The molecule has 0 radical (unpaired) electrons. The molecule has 1 aliphatic carbocycles. The van der Waals surface area contributed by atoms with E-state index < -0.39 is 0 Å². The van der Waals surface area contributed by atoms with Crippen molar-refractivity contribution >= 4 is 31.2 Å². The van der Waals surface area contributed by atoms with Crippen molar-refractivity contribution in [3.8, 4) is 0 Å². The van der Waals surface area contributed by atoms with Gasteiger partial charge < -0.3 is 0 Å². The van der Waals surface area contributed by atoms with Gasteiger partial charge in [0, 0.05) is 0 Å². The Kier molecular flexibility index (Phi) is 5.24. The van der Waals surface area contributed by atoms with Gasteiger partial charge in [0.25, 0.3) is 0 Å². The normalized spacial score (nSPS) is 22.6. The second-order valence-corrected chi connectivity index (χ2v) is 9.29. The van der Waals surface area contributed by atoms with Gasteiger partial charge >= 0.3 is 132 Å². The van der Waals surface area contributed by atoms with E-state index in [0.29, 0.717) is 15.0 Å². The summed E-state index contributed by atoms with van der Waals surface area (Å²) in [6.07, 6.45) is 5.63. The van der Waals surface area contributed by atoms with Crippen LogP contribution in [0.15, 0.2) is 65.6 Å². The first-order chi connectivity index (χ1) is 9.92. The molecule has 2 aromatic carbocycles. The van der Waals surface area contributed by atoms with E-state index in [2.05, 4.69) is 72.4 Å². The average molecular weight is 347 g/mol. The van der Waals surface area contributed by atoms with Crippen molar-refractivity contribution in [2.75, 3.05) is 0 Å². The summed E-state index contributed by atoms with van der Waals surface area (Å²) in [4.78, 5) is 2.33. The van der Waals surface area contributed by atoms with Crippen molar-refractivity contribution in [1.82, 2.24) is 0 Å². The minimum atomic E-state index is 0.619. The summed E-state index contributed by atoms with van der Waals surface area (Å²) in [7, 11) is 0. The molecule has 0 N–H and O–H groups in total. The van der Waals surface area contributed by atoms with Gasteiger partial charge in [0.15, 0.2) is 0 Å². The number of rotatable bonds is 4. The first-order valence-corrected chi connectivity index (χ1v) is 10.1. The van der Waals surface area contributed by atoms with Crippen LogP contribution in [0.4, 0.5) is 0 Å². The third-order valence-corrected chi connectivity index (χ3v) is 8.46. The van der Waals surface area contributed by atoms with E-state index in [9.17, 15) is 0 Å². The van der Waals surface area contributed by atoms with Gasteiger partial charge in [-0.25, -0.2) is 0 Å². The molecule has 0 heterocycles. The standard InChI is InChI=1S/C18H20SSe/c1-3-9-15(10-4-1)19-17-13-7-8-14-18(17)20-16-11-5-2-6-12-16/h1-6,9-12,17-18H,7-8,13-14H2/t17-,18-/m0/s1. The van der Waals surface area contributed by atoms with E-state index in [4.69, 9.17) is 0 Å². The Bertz CT molecular complexity index is 462. The van der Waals surface area contributed by atoms with Crippen LogP contribution in [-0.2, 0) is 0 Å². The van der Waals surface area contributed by atoms with Crippen LogP contribution >= 0.6 is 11.8 Å². The van der Waals surface area contributed by atoms with Crippen molar-refractivity contribution in [2.24, 2.45) is 0 Å². The van der Waals surface area contributed by atoms with Gasteiger partial charge in [-0.3, -0.25) is 0 Å². The summed E-state index contributed by atoms with van der Waals surface area (Å²) in [5.41, 5.74) is 0. The molecule has 1 aliphatic rings. The molecule has 0 amide bonds. The Hall–Kier alpha value is -0.691. The van der Waals surface area contributed by atoms with Crippen molar-refractivity contribution in [3.05, 3.63) is 60.7 Å². The molecule has 104 valence electrons. The summed E-state index contributed by atoms with van der Waals surface area (Å²) in [6.45, 7) is 0. The Morgan fingerprint density at radius 2 is 1.45 bits per heavy atom. The van der Waals surface area contributed by atoms with Crippen molar-refractivity contribution in [3.63, 3.8) is 0 Å². The summed E-state index contributed by atoms with van der Waals surface area (Å²) >= 11 is 2.73.